The zero-order valence-electron chi connectivity index (χ0n) is 14.6. The lowest BCUT2D eigenvalue weighted by Crippen LogP contribution is -2.38. The van der Waals surface area contributed by atoms with Gasteiger partial charge in [-0.05, 0) is 54.4 Å². The number of hydrogen-bond donors (Lipinski definition) is 1. The van der Waals surface area contributed by atoms with Crippen LogP contribution in [0.25, 0.3) is 0 Å². The lowest BCUT2D eigenvalue weighted by atomic mass is 10.2. The Hall–Kier alpha value is -3.60. The zero-order chi connectivity index (χ0) is 18.6. The van der Waals surface area contributed by atoms with Crippen molar-refractivity contribution in [2.45, 2.75) is 6.42 Å². The molecule has 0 aromatic heterocycles. The van der Waals surface area contributed by atoms with Crippen LogP contribution in [-0.2, 0) is 16.0 Å². The molecule has 0 spiro atoms. The van der Waals surface area contributed by atoms with Gasteiger partial charge in [0.05, 0.1) is 0 Å². The molecule has 1 N–H and O–H groups in total. The largest absolute Gasteiger partial charge is 0.457 e. The Morgan fingerprint density at radius 1 is 0.815 bits per heavy atom. The van der Waals surface area contributed by atoms with E-state index in [2.05, 4.69) is 5.32 Å². The van der Waals surface area contributed by atoms with Crippen LogP contribution in [0.4, 0.5) is 11.4 Å². The van der Waals surface area contributed by atoms with Gasteiger partial charge in [-0.15, -0.1) is 0 Å². The fraction of sp³-hybridized carbons (Fsp3) is 0.0909. The van der Waals surface area contributed by atoms with Gasteiger partial charge in [-0.3, -0.25) is 9.59 Å². The molecule has 1 aliphatic heterocycles. The van der Waals surface area contributed by atoms with E-state index in [1.807, 2.05) is 54.6 Å². The molecule has 0 radical (unpaired) electrons. The molecular formula is C22H18N2O3. The summed E-state index contributed by atoms with van der Waals surface area (Å²) in [6.45, 7) is 0.523. The summed E-state index contributed by atoms with van der Waals surface area (Å²) < 4.78 is 5.72. The molecule has 27 heavy (non-hydrogen) atoms. The van der Waals surface area contributed by atoms with Crippen LogP contribution in [0.3, 0.4) is 0 Å². The second-order valence-electron chi connectivity index (χ2n) is 6.23. The molecule has 0 aliphatic carbocycles. The van der Waals surface area contributed by atoms with E-state index in [0.717, 1.165) is 23.4 Å². The molecule has 0 saturated carbocycles. The third-order valence-corrected chi connectivity index (χ3v) is 4.42. The quantitative estimate of drug-likeness (QED) is 0.720. The van der Waals surface area contributed by atoms with E-state index in [-0.39, 0.29) is 0 Å². The maximum Gasteiger partial charge on any atom is 0.316 e. The number of carbonyl (C=O) groups excluding carboxylic acids is 2. The molecule has 0 fully saturated rings. The van der Waals surface area contributed by atoms with E-state index in [1.54, 1.807) is 24.3 Å². The fourth-order valence-electron chi connectivity index (χ4n) is 3.09. The van der Waals surface area contributed by atoms with Crippen LogP contribution in [-0.4, -0.2) is 18.4 Å². The van der Waals surface area contributed by atoms with Crippen LogP contribution in [0.15, 0.2) is 78.9 Å². The Balaban J connectivity index is 1.40. The number of fused-ring (bicyclic) bond motifs is 1. The van der Waals surface area contributed by atoms with Gasteiger partial charge in [-0.2, -0.15) is 0 Å². The smallest absolute Gasteiger partial charge is 0.316 e. The third kappa shape index (κ3) is 3.67. The second-order valence-corrected chi connectivity index (χ2v) is 6.23. The van der Waals surface area contributed by atoms with Crippen molar-refractivity contribution in [3.63, 3.8) is 0 Å². The van der Waals surface area contributed by atoms with Crippen molar-refractivity contribution in [2.75, 3.05) is 16.8 Å². The lowest BCUT2D eigenvalue weighted by molar-refractivity contribution is -0.134. The number of carbonyl (C=O) groups is 2. The minimum absolute atomic E-state index is 0.523. The predicted molar refractivity (Wildman–Crippen MR) is 104 cm³/mol. The first-order valence-electron chi connectivity index (χ1n) is 8.74. The number of anilines is 2. The molecule has 2 amide bonds. The monoisotopic (exact) mass is 358 g/mol. The SMILES string of the molecule is O=C(Nc1ccc(Oc2ccccc2)cc1)C(=O)N1CCc2ccccc21. The Morgan fingerprint density at radius 3 is 2.26 bits per heavy atom. The van der Waals surface area contributed by atoms with Crippen molar-refractivity contribution in [1.29, 1.82) is 0 Å². The van der Waals surface area contributed by atoms with Gasteiger partial charge in [0.15, 0.2) is 0 Å². The van der Waals surface area contributed by atoms with E-state index >= 15 is 0 Å². The number of nitrogens with zero attached hydrogens (tertiary/aromatic N) is 1. The molecule has 134 valence electrons. The first kappa shape index (κ1) is 16.8. The van der Waals surface area contributed by atoms with E-state index < -0.39 is 11.8 Å². The number of nitrogens with one attached hydrogen (secondary N) is 1. The average molecular weight is 358 g/mol. The number of benzene rings is 3. The Bertz CT molecular complexity index is 968. The fourth-order valence-corrected chi connectivity index (χ4v) is 3.09. The number of hydrogen-bond acceptors (Lipinski definition) is 3. The Morgan fingerprint density at radius 2 is 1.48 bits per heavy atom. The van der Waals surface area contributed by atoms with Gasteiger partial charge in [-0.25, -0.2) is 0 Å². The highest BCUT2D eigenvalue weighted by atomic mass is 16.5. The van der Waals surface area contributed by atoms with Crippen LogP contribution in [0, 0.1) is 0 Å². The summed E-state index contributed by atoms with van der Waals surface area (Å²) in [5.41, 5.74) is 2.44. The first-order valence-corrected chi connectivity index (χ1v) is 8.74. The average Bonchev–Trinajstić information content (AvgIpc) is 3.14. The van der Waals surface area contributed by atoms with Gasteiger partial charge >= 0.3 is 11.8 Å². The maximum absolute atomic E-state index is 12.5. The molecule has 5 nitrogen and oxygen atoms in total. The van der Waals surface area contributed by atoms with Gasteiger partial charge in [-0.1, -0.05) is 36.4 Å². The van der Waals surface area contributed by atoms with Crippen molar-refractivity contribution >= 4 is 23.2 Å². The molecule has 0 unspecified atom stereocenters. The minimum Gasteiger partial charge on any atom is -0.457 e. The summed E-state index contributed by atoms with van der Waals surface area (Å²) in [5, 5.41) is 2.65. The standard InChI is InChI=1S/C22H18N2O3/c25-21(22(26)24-15-14-16-6-4-5-9-20(16)24)23-17-10-12-19(13-11-17)27-18-7-2-1-3-8-18/h1-13H,14-15H2,(H,23,25). The summed E-state index contributed by atoms with van der Waals surface area (Å²) in [6.07, 6.45) is 0.765. The summed E-state index contributed by atoms with van der Waals surface area (Å²) in [4.78, 5) is 26.4. The molecule has 3 aromatic carbocycles. The van der Waals surface area contributed by atoms with Gasteiger partial charge in [0, 0.05) is 17.9 Å². The van der Waals surface area contributed by atoms with Gasteiger partial charge in [0.1, 0.15) is 11.5 Å². The summed E-state index contributed by atoms with van der Waals surface area (Å²) in [6, 6.07) is 24.0. The van der Waals surface area contributed by atoms with E-state index in [0.29, 0.717) is 18.0 Å². The molecule has 0 bridgehead atoms. The second kappa shape index (κ2) is 7.33. The van der Waals surface area contributed by atoms with Gasteiger partial charge in [0.25, 0.3) is 0 Å². The van der Waals surface area contributed by atoms with E-state index in [1.165, 1.54) is 4.90 Å². The highest BCUT2D eigenvalue weighted by molar-refractivity contribution is 6.44. The molecule has 4 rings (SSSR count). The number of ether oxygens (including phenoxy) is 1. The lowest BCUT2D eigenvalue weighted by Gasteiger charge is -2.16. The summed E-state index contributed by atoms with van der Waals surface area (Å²) in [5.74, 6) is 0.184. The Kier molecular flexibility index (Phi) is 4.58. The molecule has 0 atom stereocenters. The van der Waals surface area contributed by atoms with Crippen molar-refractivity contribution in [3.8, 4) is 11.5 Å². The van der Waals surface area contributed by atoms with Crippen LogP contribution in [0.1, 0.15) is 5.56 Å². The topological polar surface area (TPSA) is 58.6 Å². The van der Waals surface area contributed by atoms with Crippen LogP contribution in [0.2, 0.25) is 0 Å². The molecule has 0 saturated heterocycles. The normalized spacial score (nSPS) is 12.4. The van der Waals surface area contributed by atoms with Crippen molar-refractivity contribution < 1.29 is 14.3 Å². The van der Waals surface area contributed by atoms with Crippen molar-refractivity contribution in [1.82, 2.24) is 0 Å². The Labute approximate surface area is 157 Å². The number of amides is 2. The minimum atomic E-state index is -0.650. The van der Waals surface area contributed by atoms with E-state index in [4.69, 9.17) is 4.74 Å². The molecule has 3 aromatic rings. The van der Waals surface area contributed by atoms with Crippen molar-refractivity contribution in [3.05, 3.63) is 84.4 Å². The van der Waals surface area contributed by atoms with E-state index in [9.17, 15) is 9.59 Å². The highest BCUT2D eigenvalue weighted by Gasteiger charge is 2.28. The highest BCUT2D eigenvalue weighted by Crippen LogP contribution is 2.28. The summed E-state index contributed by atoms with van der Waals surface area (Å²) >= 11 is 0. The van der Waals surface area contributed by atoms with Crippen LogP contribution < -0.4 is 15.0 Å². The maximum atomic E-state index is 12.5. The molecule has 5 heteroatoms. The van der Waals surface area contributed by atoms with Crippen LogP contribution in [0.5, 0.6) is 11.5 Å². The van der Waals surface area contributed by atoms with Crippen molar-refractivity contribution in [2.24, 2.45) is 0 Å². The molecular weight excluding hydrogens is 340 g/mol. The zero-order valence-corrected chi connectivity index (χ0v) is 14.6. The van der Waals surface area contributed by atoms with Gasteiger partial charge in [0.2, 0.25) is 0 Å². The van der Waals surface area contributed by atoms with Crippen LogP contribution >= 0.6 is 0 Å². The first-order chi connectivity index (χ1) is 13.2. The number of para-hydroxylation sites is 2. The molecule has 1 aliphatic rings. The number of rotatable bonds is 3. The summed E-state index contributed by atoms with van der Waals surface area (Å²) in [7, 11) is 0. The third-order valence-electron chi connectivity index (χ3n) is 4.42. The van der Waals surface area contributed by atoms with Gasteiger partial charge < -0.3 is 15.0 Å². The predicted octanol–water partition coefficient (Wildman–Crippen LogP) is 4.01. The molecule has 1 heterocycles.